The lowest BCUT2D eigenvalue weighted by atomic mass is 9.78. The molecule has 2 bridgehead atoms. The number of carbonyl (C=O) groups is 5. The Morgan fingerprint density at radius 2 is 1.63 bits per heavy atom. The number of allylic oxidation sites excluding steroid dienone is 6. The second-order valence-corrected chi connectivity index (χ2v) is 21.7. The Hall–Kier alpha value is -4.33. The molecule has 0 spiro atoms. The molecule has 2 saturated heterocycles. The van der Waals surface area contributed by atoms with Crippen molar-refractivity contribution in [2.75, 3.05) is 41.1 Å². The number of carbonyl (C=O) groups excluding carboxylic acids is 5. The van der Waals surface area contributed by atoms with Crippen molar-refractivity contribution in [1.82, 2.24) is 14.9 Å². The zero-order valence-electron chi connectivity index (χ0n) is 46.2. The molecule has 1 aromatic rings. The van der Waals surface area contributed by atoms with Crippen LogP contribution in [-0.4, -0.2) is 150 Å². The van der Waals surface area contributed by atoms with Crippen molar-refractivity contribution < 1.29 is 67.3 Å². The van der Waals surface area contributed by atoms with Crippen LogP contribution in [-0.2, 0) is 63.7 Å². The van der Waals surface area contributed by atoms with Crippen molar-refractivity contribution in [3.8, 4) is 0 Å². The molecule has 0 radical (unpaired) electrons. The number of nitrogens with zero attached hydrogens (tertiary/aromatic N) is 3. The summed E-state index contributed by atoms with van der Waals surface area (Å²) in [5.41, 5.74) is 1.82. The van der Waals surface area contributed by atoms with E-state index in [0.717, 1.165) is 18.4 Å². The average Bonchev–Trinajstić information content (AvgIpc) is 3.40. The molecule has 17 nitrogen and oxygen atoms in total. The molecule has 4 aliphatic rings. The van der Waals surface area contributed by atoms with E-state index in [1.807, 2.05) is 58.1 Å². The minimum Gasteiger partial charge on any atom is -0.460 e. The van der Waals surface area contributed by atoms with Crippen LogP contribution in [0.1, 0.15) is 131 Å². The fraction of sp³-hybridized carbons (Fsp3) is 0.707. The molecule has 0 aromatic carbocycles. The molecule has 5 rings (SSSR count). The van der Waals surface area contributed by atoms with E-state index in [1.165, 1.54) is 12.0 Å². The topological polar surface area (TPSA) is 219 Å². The van der Waals surface area contributed by atoms with Gasteiger partial charge in [-0.05, 0) is 107 Å². The number of aliphatic hydroxyl groups is 2. The number of fused-ring (bicyclic) bond motifs is 3. The normalized spacial score (nSPS) is 36.6. The fourth-order valence-corrected chi connectivity index (χ4v) is 11.1. The van der Waals surface area contributed by atoms with Gasteiger partial charge in [-0.1, -0.05) is 71.1 Å². The van der Waals surface area contributed by atoms with Crippen LogP contribution in [0.4, 0.5) is 0 Å². The van der Waals surface area contributed by atoms with E-state index in [2.05, 4.69) is 9.97 Å². The molecule has 15 atom stereocenters. The number of cyclic esters (lactones) is 1. The van der Waals surface area contributed by atoms with E-state index < -0.39 is 77.8 Å². The molecule has 2 N–H and O–H groups in total. The van der Waals surface area contributed by atoms with Gasteiger partial charge in [0.25, 0.3) is 11.7 Å². The molecule has 1 aromatic heterocycles. The summed E-state index contributed by atoms with van der Waals surface area (Å²) in [4.78, 5) is 81.5. The van der Waals surface area contributed by atoms with Gasteiger partial charge < -0.3 is 48.3 Å². The van der Waals surface area contributed by atoms with Crippen molar-refractivity contribution >= 4 is 29.2 Å². The third kappa shape index (κ3) is 17.3. The van der Waals surface area contributed by atoms with Crippen LogP contribution in [0.3, 0.4) is 0 Å². The first-order chi connectivity index (χ1) is 35.8. The number of piperidine rings is 1. The van der Waals surface area contributed by atoms with Gasteiger partial charge in [0, 0.05) is 70.9 Å². The first kappa shape index (κ1) is 61.5. The highest BCUT2D eigenvalue weighted by atomic mass is 16.6. The summed E-state index contributed by atoms with van der Waals surface area (Å²) in [5.74, 6) is -8.11. The Morgan fingerprint density at radius 1 is 0.853 bits per heavy atom. The van der Waals surface area contributed by atoms with Gasteiger partial charge in [-0.2, -0.15) is 0 Å². The number of amides is 1. The van der Waals surface area contributed by atoms with E-state index in [-0.39, 0.29) is 73.9 Å². The van der Waals surface area contributed by atoms with Crippen LogP contribution < -0.4 is 0 Å². The highest BCUT2D eigenvalue weighted by Gasteiger charge is 2.53. The summed E-state index contributed by atoms with van der Waals surface area (Å²) in [7, 11) is 4.67. The van der Waals surface area contributed by atoms with Crippen molar-refractivity contribution in [3.63, 3.8) is 0 Å². The number of hydrogen-bond donors (Lipinski definition) is 2. The number of ketones is 3. The van der Waals surface area contributed by atoms with Crippen LogP contribution in [0.2, 0.25) is 0 Å². The number of aliphatic hydroxyl groups excluding tert-OH is 1. The van der Waals surface area contributed by atoms with Gasteiger partial charge in [-0.15, -0.1) is 0 Å². The Morgan fingerprint density at radius 3 is 2.33 bits per heavy atom. The summed E-state index contributed by atoms with van der Waals surface area (Å²) in [6, 6.07) is -1.16. The number of hydrogen-bond acceptors (Lipinski definition) is 16. The second-order valence-electron chi connectivity index (χ2n) is 21.7. The first-order valence-electron chi connectivity index (χ1n) is 27.2. The van der Waals surface area contributed by atoms with Gasteiger partial charge in [0.2, 0.25) is 5.79 Å². The van der Waals surface area contributed by atoms with Crippen molar-refractivity contribution in [2.45, 2.75) is 187 Å². The number of Topliss-reactive ketones (excluding diaryl/α,β-unsaturated/α-hetero) is 3. The molecular formula is C58H87N3O14. The number of ether oxygens (including phenoxy) is 7. The smallest absolute Gasteiger partial charge is 0.329 e. The van der Waals surface area contributed by atoms with Crippen LogP contribution in [0.25, 0.3) is 0 Å². The van der Waals surface area contributed by atoms with Gasteiger partial charge in [-0.25, -0.2) is 4.79 Å². The third-order valence-electron chi connectivity index (χ3n) is 15.8. The maximum atomic E-state index is 14.6. The Kier molecular flexibility index (Phi) is 24.6. The van der Waals surface area contributed by atoms with Crippen LogP contribution >= 0.6 is 0 Å². The predicted molar refractivity (Wildman–Crippen MR) is 281 cm³/mol. The zero-order chi connectivity index (χ0) is 54.8. The van der Waals surface area contributed by atoms with Crippen LogP contribution in [0, 0.1) is 35.5 Å². The summed E-state index contributed by atoms with van der Waals surface area (Å²) in [6.07, 6.45) is 16.6. The minimum atomic E-state index is -2.49. The molecule has 3 aliphatic heterocycles. The number of methoxy groups -OCH3 is 3. The largest absolute Gasteiger partial charge is 0.460 e. The summed E-state index contributed by atoms with van der Waals surface area (Å²) in [6.45, 7) is 13.8. The lowest BCUT2D eigenvalue weighted by Gasteiger charge is -2.43. The lowest BCUT2D eigenvalue weighted by Crippen LogP contribution is -2.61. The summed E-state index contributed by atoms with van der Waals surface area (Å²) in [5, 5.41) is 23.8. The van der Waals surface area contributed by atoms with Crippen molar-refractivity contribution in [3.05, 3.63) is 71.9 Å². The number of aromatic nitrogens is 2. The number of rotatable bonds is 12. The zero-order valence-corrected chi connectivity index (χ0v) is 46.2. The highest BCUT2D eigenvalue weighted by molar-refractivity contribution is 6.39. The van der Waals surface area contributed by atoms with Gasteiger partial charge in [0.15, 0.2) is 5.78 Å². The van der Waals surface area contributed by atoms with E-state index in [1.54, 1.807) is 59.7 Å². The van der Waals surface area contributed by atoms with Crippen LogP contribution in [0.15, 0.2) is 66.2 Å². The molecule has 3 fully saturated rings. The average molecular weight is 1050 g/mol. The standard InChI is InChI=1S/C58H87N3O14/c1-36-16-12-11-13-17-37(2)49(73-35-44-34-59-23-24-60-44)32-45-21-19-42(7)58(68,75-45)55(65)56(66)61-25-15-14-18-46(61)57(67)74-50(39(4)30-43-20-22-48(51(31-43)70-9)72-27-26-69-8)33-47(62)38(3)29-41(6)53(64)54(71-10)52(63)40(5)28-36/h11-13,16-17,23-24,29,34,36,38-40,42-43,45-46,48-51,53-54,64,68H,14-15,18-22,25-28,30-33,35H2,1-10H3/b13-11+,16-12+,37-17+,41-29+/t36-,38-,39-,40-,42-,43+,45+,46+,48-,49-,50+,51-,53-,54+,58-/m1/s1. The monoisotopic (exact) mass is 1050 g/mol. The Balaban J connectivity index is 1.48. The molecule has 1 aliphatic carbocycles. The molecule has 1 saturated carbocycles. The van der Waals surface area contributed by atoms with Gasteiger partial charge >= 0.3 is 5.97 Å². The maximum absolute atomic E-state index is 14.6. The quantitative estimate of drug-likeness (QED) is 0.0914. The van der Waals surface area contributed by atoms with Gasteiger partial charge in [-0.3, -0.25) is 29.1 Å². The fourth-order valence-electron chi connectivity index (χ4n) is 11.1. The Labute approximate surface area is 445 Å². The molecule has 75 heavy (non-hydrogen) atoms. The van der Waals surface area contributed by atoms with E-state index in [4.69, 9.17) is 33.2 Å². The molecule has 1 amide bonds. The van der Waals surface area contributed by atoms with E-state index >= 15 is 0 Å². The molecule has 418 valence electrons. The predicted octanol–water partition coefficient (Wildman–Crippen LogP) is 7.21. The lowest BCUT2D eigenvalue weighted by molar-refractivity contribution is -0.266. The minimum absolute atomic E-state index is 0.0115. The summed E-state index contributed by atoms with van der Waals surface area (Å²) < 4.78 is 41.9. The number of esters is 1. The van der Waals surface area contributed by atoms with Crippen LogP contribution in [0.5, 0.6) is 0 Å². The maximum Gasteiger partial charge on any atom is 0.329 e. The summed E-state index contributed by atoms with van der Waals surface area (Å²) >= 11 is 0. The highest BCUT2D eigenvalue weighted by Crippen LogP contribution is 2.38. The van der Waals surface area contributed by atoms with E-state index in [9.17, 15) is 34.2 Å². The third-order valence-corrected chi connectivity index (χ3v) is 15.8. The SMILES string of the molecule is COCCO[C@@H]1CC[C@@H](C[C@@H](C)[C@@H]2CC(=O)[C@H](C)/C=C(\C)[C@@H](O)[C@@H](OC)C(=O)[C@H](C)C[C@H](C)/C=C/C=C/C=C(\C)[C@H](OCc3cnccn3)C[C@@H]3CC[C@@H](C)[C@@](O)(O3)C(=O)C(=O)N3CCCC[C@H]3C(=O)O2)C[C@H]1OC. The molecular weight excluding hydrogens is 963 g/mol. The second kappa shape index (κ2) is 30.0. The molecule has 4 heterocycles. The van der Waals surface area contributed by atoms with Crippen molar-refractivity contribution in [1.29, 1.82) is 0 Å². The van der Waals surface area contributed by atoms with E-state index in [0.29, 0.717) is 69.4 Å². The Bertz CT molecular complexity index is 2150. The van der Waals surface area contributed by atoms with Gasteiger partial charge in [0.05, 0.1) is 56.1 Å². The molecule has 0 unspecified atom stereocenters. The first-order valence-corrected chi connectivity index (χ1v) is 27.2. The van der Waals surface area contributed by atoms with Crippen molar-refractivity contribution in [2.24, 2.45) is 35.5 Å². The molecule has 17 heteroatoms. The van der Waals surface area contributed by atoms with Gasteiger partial charge in [0.1, 0.15) is 30.1 Å².